The van der Waals surface area contributed by atoms with Crippen molar-refractivity contribution in [1.29, 1.82) is 0 Å². The van der Waals surface area contributed by atoms with Crippen LogP contribution in [0, 0.1) is 0 Å². The first-order chi connectivity index (χ1) is 15.3. The first kappa shape index (κ1) is 18.0. The molecule has 0 spiro atoms. The van der Waals surface area contributed by atoms with E-state index in [1.165, 1.54) is 11.3 Å². The molecule has 152 valence electrons. The minimum absolute atomic E-state index is 0.0845. The Balaban J connectivity index is 1.40. The van der Waals surface area contributed by atoms with E-state index in [0.717, 1.165) is 33.1 Å². The van der Waals surface area contributed by atoms with Crippen molar-refractivity contribution >= 4 is 28.2 Å². The van der Waals surface area contributed by atoms with E-state index in [9.17, 15) is 4.79 Å². The molecule has 5 heterocycles. The number of nitrogens with zero attached hydrogens (tertiary/aromatic N) is 4. The van der Waals surface area contributed by atoms with E-state index in [4.69, 9.17) is 4.42 Å². The lowest BCUT2D eigenvalue weighted by Crippen LogP contribution is -2.40. The van der Waals surface area contributed by atoms with Crippen LogP contribution in [-0.4, -0.2) is 37.3 Å². The van der Waals surface area contributed by atoms with Crippen LogP contribution in [0.25, 0.3) is 21.7 Å². The number of carbonyl (C=O) groups excluding carboxylic acids is 1. The molecule has 6 rings (SSSR count). The fourth-order valence-electron chi connectivity index (χ4n) is 4.04. The number of benzene rings is 1. The molecule has 0 aliphatic carbocycles. The van der Waals surface area contributed by atoms with E-state index in [-0.39, 0.29) is 5.91 Å². The van der Waals surface area contributed by atoms with Gasteiger partial charge >= 0.3 is 0 Å². The Labute approximate surface area is 181 Å². The van der Waals surface area contributed by atoms with Gasteiger partial charge < -0.3 is 14.3 Å². The highest BCUT2D eigenvalue weighted by Gasteiger charge is 2.37. The second kappa shape index (κ2) is 7.17. The van der Waals surface area contributed by atoms with Gasteiger partial charge in [0, 0.05) is 30.2 Å². The molecule has 5 aromatic rings. The van der Waals surface area contributed by atoms with Crippen LogP contribution in [0.3, 0.4) is 0 Å². The van der Waals surface area contributed by atoms with Gasteiger partial charge in [0.2, 0.25) is 0 Å². The number of fused-ring (bicyclic) bond motifs is 2. The molecular formula is C23H17N5O2S. The zero-order valence-corrected chi connectivity index (χ0v) is 17.2. The third-order valence-electron chi connectivity index (χ3n) is 5.50. The first-order valence-corrected chi connectivity index (χ1v) is 10.8. The molecule has 0 saturated carbocycles. The summed E-state index contributed by atoms with van der Waals surface area (Å²) in [6.07, 6.45) is 5.75. The zero-order valence-electron chi connectivity index (χ0n) is 16.4. The van der Waals surface area contributed by atoms with Gasteiger partial charge in [-0.3, -0.25) is 9.78 Å². The number of nitrogens with one attached hydrogen (secondary N) is 1. The molecule has 7 nitrogen and oxygen atoms in total. The average molecular weight is 427 g/mol. The largest absolute Gasteiger partial charge is 0.458 e. The number of pyridine rings is 1. The van der Waals surface area contributed by atoms with Crippen molar-refractivity contribution in [3.8, 4) is 10.7 Å². The van der Waals surface area contributed by atoms with E-state index in [1.807, 2.05) is 53.4 Å². The molecule has 4 aromatic heterocycles. The lowest BCUT2D eigenvalue weighted by Gasteiger charge is -2.33. The number of thiazole rings is 1. The second-order valence-electron chi connectivity index (χ2n) is 7.35. The maximum Gasteiger partial charge on any atom is 0.266 e. The smallest absolute Gasteiger partial charge is 0.266 e. The highest BCUT2D eigenvalue weighted by molar-refractivity contribution is 7.16. The Bertz CT molecular complexity index is 1350. The van der Waals surface area contributed by atoms with Crippen molar-refractivity contribution in [3.63, 3.8) is 0 Å². The third kappa shape index (κ3) is 3.03. The van der Waals surface area contributed by atoms with Crippen LogP contribution < -0.4 is 0 Å². The summed E-state index contributed by atoms with van der Waals surface area (Å²) in [6, 6.07) is 15.1. The topological polar surface area (TPSA) is 87.9 Å². The Morgan fingerprint density at radius 3 is 2.90 bits per heavy atom. The fourth-order valence-corrected chi connectivity index (χ4v) is 4.89. The number of para-hydroxylation sites is 1. The molecule has 8 heteroatoms. The second-order valence-corrected chi connectivity index (χ2v) is 8.38. The van der Waals surface area contributed by atoms with E-state index in [1.54, 1.807) is 18.7 Å². The fraction of sp³-hybridized carbons (Fsp3) is 0.130. The molecule has 0 unspecified atom stereocenters. The number of amides is 1. The van der Waals surface area contributed by atoms with Crippen molar-refractivity contribution in [2.24, 2.45) is 0 Å². The highest BCUT2D eigenvalue weighted by Crippen LogP contribution is 2.37. The summed E-state index contributed by atoms with van der Waals surface area (Å²) in [5.74, 6) is 0.621. The molecule has 1 N–H and O–H groups in total. The molecular weight excluding hydrogens is 410 g/mol. The number of hydrogen-bond donors (Lipinski definition) is 1. The normalized spacial score (nSPS) is 15.9. The predicted octanol–water partition coefficient (Wildman–Crippen LogP) is 4.46. The van der Waals surface area contributed by atoms with E-state index in [0.29, 0.717) is 23.6 Å². The van der Waals surface area contributed by atoms with Gasteiger partial charge in [0.05, 0.1) is 23.9 Å². The molecule has 1 aliphatic heterocycles. The number of aromatic nitrogens is 4. The molecule has 1 atom stereocenters. The van der Waals surface area contributed by atoms with Crippen LogP contribution in [0.5, 0.6) is 0 Å². The zero-order chi connectivity index (χ0) is 20.8. The van der Waals surface area contributed by atoms with Gasteiger partial charge in [-0.15, -0.1) is 11.3 Å². The lowest BCUT2D eigenvalue weighted by atomic mass is 10.00. The maximum atomic E-state index is 13.6. The van der Waals surface area contributed by atoms with Crippen LogP contribution in [0.1, 0.15) is 32.9 Å². The van der Waals surface area contributed by atoms with Crippen LogP contribution in [0.4, 0.5) is 0 Å². The van der Waals surface area contributed by atoms with Crippen molar-refractivity contribution in [2.45, 2.75) is 12.5 Å². The van der Waals surface area contributed by atoms with E-state index < -0.39 is 6.04 Å². The standard InChI is InChI=1S/C23H17N5O2S/c29-23(19-12-25-22(31-19)16-6-3-4-9-24-16)28-10-8-15-20(27-13-26-15)21(28)18-11-14-5-1-2-7-17(14)30-18/h1-7,9,11-13,21H,8,10H2,(H,26,27)/t21-/m1/s1. The Kier molecular flexibility index (Phi) is 4.17. The molecule has 0 radical (unpaired) electrons. The number of furan rings is 1. The average Bonchev–Trinajstić information content (AvgIpc) is 3.57. The Morgan fingerprint density at radius 2 is 2.03 bits per heavy atom. The quantitative estimate of drug-likeness (QED) is 0.459. The van der Waals surface area contributed by atoms with E-state index >= 15 is 0 Å². The number of carbonyl (C=O) groups is 1. The molecule has 1 aromatic carbocycles. The van der Waals surface area contributed by atoms with Crippen molar-refractivity contribution in [3.05, 3.63) is 89.3 Å². The van der Waals surface area contributed by atoms with Gasteiger partial charge in [0.1, 0.15) is 27.3 Å². The first-order valence-electron chi connectivity index (χ1n) is 9.97. The Hall–Kier alpha value is -3.78. The monoisotopic (exact) mass is 427 g/mol. The number of hydrogen-bond acceptors (Lipinski definition) is 6. The van der Waals surface area contributed by atoms with Crippen LogP contribution >= 0.6 is 11.3 Å². The molecule has 1 aliphatic rings. The van der Waals surface area contributed by atoms with Crippen LogP contribution in [-0.2, 0) is 6.42 Å². The summed E-state index contributed by atoms with van der Waals surface area (Å²) in [5.41, 5.74) is 3.41. The highest BCUT2D eigenvalue weighted by atomic mass is 32.1. The van der Waals surface area contributed by atoms with Gasteiger partial charge in [0.15, 0.2) is 0 Å². The van der Waals surface area contributed by atoms with Crippen LogP contribution in [0.15, 0.2) is 71.7 Å². The molecule has 1 amide bonds. The summed E-state index contributed by atoms with van der Waals surface area (Å²) in [5, 5.41) is 1.73. The van der Waals surface area contributed by atoms with Gasteiger partial charge in [0.25, 0.3) is 5.91 Å². The molecule has 0 fully saturated rings. The predicted molar refractivity (Wildman–Crippen MR) is 117 cm³/mol. The van der Waals surface area contributed by atoms with Crippen molar-refractivity contribution in [1.82, 2.24) is 24.8 Å². The number of aromatic amines is 1. The minimum Gasteiger partial charge on any atom is -0.458 e. The van der Waals surface area contributed by atoms with Gasteiger partial charge in [-0.1, -0.05) is 24.3 Å². The third-order valence-corrected chi connectivity index (χ3v) is 6.51. The van der Waals surface area contributed by atoms with Gasteiger partial charge in [-0.25, -0.2) is 9.97 Å². The number of imidazole rings is 1. The molecule has 0 saturated heterocycles. The van der Waals surface area contributed by atoms with Gasteiger partial charge in [-0.2, -0.15) is 0 Å². The molecule has 31 heavy (non-hydrogen) atoms. The SMILES string of the molecule is O=C(c1cnc(-c2ccccn2)s1)N1CCc2[nH]cnc2[C@H]1c1cc2ccccc2o1. The number of H-pyrrole nitrogens is 1. The number of rotatable bonds is 3. The van der Waals surface area contributed by atoms with Crippen molar-refractivity contribution in [2.75, 3.05) is 6.54 Å². The van der Waals surface area contributed by atoms with Crippen molar-refractivity contribution < 1.29 is 9.21 Å². The molecule has 0 bridgehead atoms. The summed E-state index contributed by atoms with van der Waals surface area (Å²) in [6.45, 7) is 0.562. The summed E-state index contributed by atoms with van der Waals surface area (Å²) in [7, 11) is 0. The summed E-state index contributed by atoms with van der Waals surface area (Å²) in [4.78, 5) is 32.5. The minimum atomic E-state index is -0.393. The maximum absolute atomic E-state index is 13.6. The Morgan fingerprint density at radius 1 is 1.13 bits per heavy atom. The summed E-state index contributed by atoms with van der Waals surface area (Å²) < 4.78 is 6.15. The van der Waals surface area contributed by atoms with E-state index in [2.05, 4.69) is 19.9 Å². The van der Waals surface area contributed by atoms with Crippen LogP contribution in [0.2, 0.25) is 0 Å². The summed E-state index contributed by atoms with van der Waals surface area (Å²) >= 11 is 1.35. The van der Waals surface area contributed by atoms with Gasteiger partial charge in [-0.05, 0) is 24.3 Å². The lowest BCUT2D eigenvalue weighted by molar-refractivity contribution is 0.0677.